The lowest BCUT2D eigenvalue weighted by Gasteiger charge is -2.34. The van der Waals surface area contributed by atoms with E-state index in [1.54, 1.807) is 11.9 Å². The molecule has 0 radical (unpaired) electrons. The van der Waals surface area contributed by atoms with Crippen LogP contribution in [-0.2, 0) is 16.9 Å². The summed E-state index contributed by atoms with van der Waals surface area (Å²) in [5, 5.41) is 4.30. The van der Waals surface area contributed by atoms with Gasteiger partial charge in [-0.05, 0) is 0 Å². The van der Waals surface area contributed by atoms with Gasteiger partial charge < -0.3 is 4.90 Å². The molecule has 1 fully saturated rings. The summed E-state index contributed by atoms with van der Waals surface area (Å²) in [6.07, 6.45) is 2.71. The fourth-order valence-corrected chi connectivity index (χ4v) is 2.97. The molecule has 2 heterocycles. The maximum absolute atomic E-state index is 12.3. The van der Waals surface area contributed by atoms with Crippen LogP contribution in [0, 0.1) is 0 Å². The van der Waals surface area contributed by atoms with E-state index in [2.05, 4.69) is 10.00 Å². The van der Waals surface area contributed by atoms with E-state index in [0.717, 1.165) is 0 Å². The SMILES string of the molecule is Cn1ncc(C(=O)N2CCN(CCS(C)(=O)=O)CC2)c1Cl. The molecule has 0 aromatic carbocycles. The molecule has 1 saturated heterocycles. The van der Waals surface area contributed by atoms with Crippen molar-refractivity contribution in [1.29, 1.82) is 0 Å². The first-order valence-corrected chi connectivity index (χ1v) is 9.08. The number of amides is 1. The highest BCUT2D eigenvalue weighted by Gasteiger charge is 2.25. The van der Waals surface area contributed by atoms with Crippen molar-refractivity contribution in [2.24, 2.45) is 7.05 Å². The van der Waals surface area contributed by atoms with Gasteiger partial charge in [0.25, 0.3) is 5.91 Å². The number of carbonyl (C=O) groups excluding carboxylic acids is 1. The van der Waals surface area contributed by atoms with Gasteiger partial charge in [-0.3, -0.25) is 14.4 Å². The van der Waals surface area contributed by atoms with Crippen LogP contribution in [0.15, 0.2) is 6.20 Å². The third kappa shape index (κ3) is 4.18. The summed E-state index contributed by atoms with van der Waals surface area (Å²) in [6, 6.07) is 0. The number of hydrogen-bond donors (Lipinski definition) is 0. The van der Waals surface area contributed by atoms with E-state index in [9.17, 15) is 13.2 Å². The molecule has 0 unspecified atom stereocenters. The first kappa shape index (κ1) is 16.3. The largest absolute Gasteiger partial charge is 0.336 e. The van der Waals surface area contributed by atoms with Gasteiger partial charge in [0.1, 0.15) is 15.0 Å². The van der Waals surface area contributed by atoms with E-state index in [4.69, 9.17) is 11.6 Å². The summed E-state index contributed by atoms with van der Waals surface area (Å²) in [6.45, 7) is 2.97. The minimum Gasteiger partial charge on any atom is -0.336 e. The second-order valence-corrected chi connectivity index (χ2v) is 7.85. The lowest BCUT2D eigenvalue weighted by atomic mass is 10.2. The molecule has 1 aliphatic heterocycles. The maximum Gasteiger partial charge on any atom is 0.258 e. The molecule has 0 bridgehead atoms. The lowest BCUT2D eigenvalue weighted by Crippen LogP contribution is -2.49. The Morgan fingerprint density at radius 1 is 1.33 bits per heavy atom. The van der Waals surface area contributed by atoms with Gasteiger partial charge in [0.05, 0.1) is 17.5 Å². The summed E-state index contributed by atoms with van der Waals surface area (Å²) in [5.74, 6) is 0.0194. The fourth-order valence-electron chi connectivity index (χ4n) is 2.21. The van der Waals surface area contributed by atoms with Gasteiger partial charge in [-0.1, -0.05) is 11.6 Å². The Kier molecular flexibility index (Phi) is 4.90. The summed E-state index contributed by atoms with van der Waals surface area (Å²) in [5.41, 5.74) is 0.406. The highest BCUT2D eigenvalue weighted by Crippen LogP contribution is 2.17. The maximum atomic E-state index is 12.3. The third-order valence-electron chi connectivity index (χ3n) is 3.53. The molecule has 1 aliphatic rings. The van der Waals surface area contributed by atoms with Crippen molar-refractivity contribution in [3.63, 3.8) is 0 Å². The van der Waals surface area contributed by atoms with Crippen molar-refractivity contribution in [3.05, 3.63) is 16.9 Å². The van der Waals surface area contributed by atoms with Crippen LogP contribution in [0.4, 0.5) is 0 Å². The molecule has 1 aromatic heterocycles. The predicted molar refractivity (Wildman–Crippen MR) is 80.3 cm³/mol. The average Bonchev–Trinajstić information content (AvgIpc) is 2.76. The number of nitrogens with zero attached hydrogens (tertiary/aromatic N) is 4. The zero-order chi connectivity index (χ0) is 15.6. The number of rotatable bonds is 4. The van der Waals surface area contributed by atoms with E-state index >= 15 is 0 Å². The van der Waals surface area contributed by atoms with Crippen molar-refractivity contribution < 1.29 is 13.2 Å². The van der Waals surface area contributed by atoms with Crippen LogP contribution >= 0.6 is 11.6 Å². The summed E-state index contributed by atoms with van der Waals surface area (Å²) in [4.78, 5) is 16.1. The van der Waals surface area contributed by atoms with Crippen LogP contribution in [0.3, 0.4) is 0 Å². The summed E-state index contributed by atoms with van der Waals surface area (Å²) < 4.78 is 23.8. The minimum atomic E-state index is -2.95. The number of hydrogen-bond acceptors (Lipinski definition) is 5. The first-order chi connectivity index (χ1) is 9.78. The van der Waals surface area contributed by atoms with Gasteiger partial charge in [0.15, 0.2) is 0 Å². The number of aryl methyl sites for hydroxylation is 1. The number of sulfone groups is 1. The van der Waals surface area contributed by atoms with Crippen molar-refractivity contribution in [2.45, 2.75) is 0 Å². The summed E-state index contributed by atoms with van der Waals surface area (Å²) in [7, 11) is -1.27. The van der Waals surface area contributed by atoms with Gasteiger partial charge >= 0.3 is 0 Å². The molecule has 2 rings (SSSR count). The second kappa shape index (κ2) is 6.33. The molecule has 0 saturated carbocycles. The van der Waals surface area contributed by atoms with Crippen LogP contribution in [0.2, 0.25) is 5.15 Å². The molecule has 1 amide bonds. The van der Waals surface area contributed by atoms with E-state index in [0.29, 0.717) is 43.4 Å². The van der Waals surface area contributed by atoms with Crippen molar-refractivity contribution >= 4 is 27.3 Å². The monoisotopic (exact) mass is 334 g/mol. The normalized spacial score (nSPS) is 17.2. The first-order valence-electron chi connectivity index (χ1n) is 6.65. The predicted octanol–water partition coefficient (Wildman–Crippen LogP) is -0.124. The van der Waals surface area contributed by atoms with Gasteiger partial charge in [-0.2, -0.15) is 5.10 Å². The smallest absolute Gasteiger partial charge is 0.258 e. The van der Waals surface area contributed by atoms with E-state index in [-0.39, 0.29) is 11.7 Å². The molecular weight excluding hydrogens is 316 g/mol. The number of halogens is 1. The number of aromatic nitrogens is 2. The zero-order valence-corrected chi connectivity index (χ0v) is 13.7. The van der Waals surface area contributed by atoms with Gasteiger partial charge in [0.2, 0.25) is 0 Å². The second-order valence-electron chi connectivity index (χ2n) is 5.24. The molecule has 21 heavy (non-hydrogen) atoms. The molecule has 118 valence electrons. The highest BCUT2D eigenvalue weighted by molar-refractivity contribution is 7.90. The molecule has 0 atom stereocenters. The Morgan fingerprint density at radius 2 is 1.95 bits per heavy atom. The van der Waals surface area contributed by atoms with Crippen LogP contribution in [-0.4, -0.2) is 78.6 Å². The number of piperazine rings is 1. The highest BCUT2D eigenvalue weighted by atomic mass is 35.5. The molecular formula is C12H19ClN4O3S. The average molecular weight is 335 g/mol. The Labute approximate surface area is 129 Å². The molecule has 0 N–H and O–H groups in total. The van der Waals surface area contributed by atoms with Gasteiger partial charge in [-0.15, -0.1) is 0 Å². The molecule has 7 nitrogen and oxygen atoms in total. The fraction of sp³-hybridized carbons (Fsp3) is 0.667. The van der Waals surface area contributed by atoms with Crippen LogP contribution in [0.5, 0.6) is 0 Å². The van der Waals surface area contributed by atoms with Crippen molar-refractivity contribution in [2.75, 3.05) is 44.7 Å². The topological polar surface area (TPSA) is 75.5 Å². The van der Waals surface area contributed by atoms with Crippen LogP contribution < -0.4 is 0 Å². The number of carbonyl (C=O) groups is 1. The Morgan fingerprint density at radius 3 is 2.43 bits per heavy atom. The standard InChI is InChI=1S/C12H19ClN4O3S/c1-15-11(13)10(9-14-15)12(18)17-5-3-16(4-6-17)7-8-21(2,19)20/h9H,3-8H2,1-2H3. The minimum absolute atomic E-state index is 0.129. The van der Waals surface area contributed by atoms with E-state index in [1.807, 2.05) is 0 Å². The molecule has 9 heteroatoms. The zero-order valence-electron chi connectivity index (χ0n) is 12.1. The summed E-state index contributed by atoms with van der Waals surface area (Å²) >= 11 is 6.03. The Balaban J connectivity index is 1.89. The van der Waals surface area contributed by atoms with Crippen molar-refractivity contribution in [3.8, 4) is 0 Å². The van der Waals surface area contributed by atoms with E-state index in [1.165, 1.54) is 17.1 Å². The quantitative estimate of drug-likeness (QED) is 0.767. The van der Waals surface area contributed by atoms with E-state index < -0.39 is 9.84 Å². The molecule has 0 aliphatic carbocycles. The van der Waals surface area contributed by atoms with Crippen molar-refractivity contribution in [1.82, 2.24) is 19.6 Å². The van der Waals surface area contributed by atoms with Gasteiger partial charge in [0, 0.05) is 46.0 Å². The third-order valence-corrected chi connectivity index (χ3v) is 4.91. The van der Waals surface area contributed by atoms with Crippen LogP contribution in [0.25, 0.3) is 0 Å². The molecule has 1 aromatic rings. The Bertz CT molecular complexity index is 620. The van der Waals surface area contributed by atoms with Crippen LogP contribution in [0.1, 0.15) is 10.4 Å². The molecule has 0 spiro atoms. The Hall–Kier alpha value is -1.12. The lowest BCUT2D eigenvalue weighted by molar-refractivity contribution is 0.0644. The van der Waals surface area contributed by atoms with Gasteiger partial charge in [-0.25, -0.2) is 8.42 Å².